The number of carbonyl (C=O) groups is 2. The number of fused-ring (bicyclic) bond motifs is 1. The van der Waals surface area contributed by atoms with Gasteiger partial charge in [0.2, 0.25) is 0 Å². The molecular weight excluding hydrogens is 458 g/mol. The molecule has 0 radical (unpaired) electrons. The van der Waals surface area contributed by atoms with Crippen LogP contribution >= 0.6 is 0 Å². The number of amides is 2. The number of piperazine rings is 1. The highest BCUT2D eigenvalue weighted by atomic mass is 16.5. The van der Waals surface area contributed by atoms with Crippen molar-refractivity contribution in [2.24, 2.45) is 0 Å². The summed E-state index contributed by atoms with van der Waals surface area (Å²) >= 11 is 0. The quantitative estimate of drug-likeness (QED) is 0.507. The molecule has 5 heterocycles. The number of anilines is 1. The summed E-state index contributed by atoms with van der Waals surface area (Å²) in [4.78, 5) is 34.4. The Morgan fingerprint density at radius 3 is 2.50 bits per heavy atom. The van der Waals surface area contributed by atoms with E-state index in [0.717, 1.165) is 42.9 Å². The molecular formula is C26H25N7O3. The molecule has 36 heavy (non-hydrogen) atoms. The maximum Gasteiger partial charge on any atom is 0.298 e. The van der Waals surface area contributed by atoms with Crippen LogP contribution in [0.4, 0.5) is 5.82 Å². The number of rotatable bonds is 5. The van der Waals surface area contributed by atoms with Gasteiger partial charge >= 0.3 is 0 Å². The van der Waals surface area contributed by atoms with Gasteiger partial charge in [-0.2, -0.15) is 10.4 Å². The van der Waals surface area contributed by atoms with Crippen LogP contribution in [0.5, 0.6) is 5.75 Å². The first-order chi connectivity index (χ1) is 17.6. The van der Waals surface area contributed by atoms with Crippen LogP contribution in [0.1, 0.15) is 18.4 Å². The van der Waals surface area contributed by atoms with Crippen LogP contribution in [0.15, 0.2) is 36.8 Å². The molecule has 0 saturated carbocycles. The van der Waals surface area contributed by atoms with Crippen LogP contribution in [0, 0.1) is 23.7 Å². The van der Waals surface area contributed by atoms with Crippen molar-refractivity contribution < 1.29 is 14.3 Å². The highest BCUT2D eigenvalue weighted by molar-refractivity contribution is 5.93. The molecule has 0 aromatic carbocycles. The van der Waals surface area contributed by atoms with Gasteiger partial charge in [-0.3, -0.25) is 9.59 Å². The van der Waals surface area contributed by atoms with Crippen LogP contribution < -0.4 is 9.64 Å². The highest BCUT2D eigenvalue weighted by Gasteiger charge is 2.22. The number of nitriles is 1. The Balaban J connectivity index is 1.38. The van der Waals surface area contributed by atoms with E-state index >= 15 is 0 Å². The summed E-state index contributed by atoms with van der Waals surface area (Å²) in [5.41, 5.74) is 2.60. The summed E-state index contributed by atoms with van der Waals surface area (Å²) in [6.45, 7) is 3.85. The van der Waals surface area contributed by atoms with Crippen molar-refractivity contribution in [3.63, 3.8) is 0 Å². The van der Waals surface area contributed by atoms with Crippen LogP contribution in [0.3, 0.4) is 0 Å². The van der Waals surface area contributed by atoms with Crippen LogP contribution in [-0.4, -0.2) is 82.1 Å². The fourth-order valence-electron chi connectivity index (χ4n) is 4.64. The summed E-state index contributed by atoms with van der Waals surface area (Å²) in [7, 11) is 0. The van der Waals surface area contributed by atoms with Crippen molar-refractivity contribution in [2.75, 3.05) is 50.8 Å². The van der Waals surface area contributed by atoms with E-state index < -0.39 is 0 Å². The average Bonchev–Trinajstić information content (AvgIpc) is 3.61. The first kappa shape index (κ1) is 23.2. The summed E-state index contributed by atoms with van der Waals surface area (Å²) in [6.07, 6.45) is 12.2. The Labute approximate surface area is 208 Å². The predicted molar refractivity (Wildman–Crippen MR) is 132 cm³/mol. The predicted octanol–water partition coefficient (Wildman–Crippen LogP) is 1.55. The molecule has 0 spiro atoms. The van der Waals surface area contributed by atoms with Gasteiger partial charge in [-0.15, -0.1) is 6.42 Å². The van der Waals surface area contributed by atoms with Gasteiger partial charge in [0.05, 0.1) is 23.5 Å². The third-order valence-electron chi connectivity index (χ3n) is 6.60. The Kier molecular flexibility index (Phi) is 6.42. The second-order valence-electron chi connectivity index (χ2n) is 8.76. The van der Waals surface area contributed by atoms with Gasteiger partial charge < -0.3 is 19.4 Å². The molecule has 10 nitrogen and oxygen atoms in total. The van der Waals surface area contributed by atoms with E-state index in [1.807, 2.05) is 23.1 Å². The molecule has 3 aromatic heterocycles. The van der Waals surface area contributed by atoms with Gasteiger partial charge in [-0.1, -0.05) is 0 Å². The molecule has 0 unspecified atom stereocenters. The number of likely N-dealkylation sites (tertiary alicyclic amines) is 1. The van der Waals surface area contributed by atoms with Crippen LogP contribution in [0.2, 0.25) is 0 Å². The smallest absolute Gasteiger partial charge is 0.298 e. The SMILES string of the molecule is C#CC(=O)N1CCN(c2ccc(-c3cc(OCC(=O)N4CCCC4)cn4ncc(C#N)c34)cn2)CC1. The molecule has 2 saturated heterocycles. The van der Waals surface area contributed by atoms with Crippen LogP contribution in [-0.2, 0) is 9.59 Å². The van der Waals surface area contributed by atoms with Crippen molar-refractivity contribution in [1.82, 2.24) is 24.4 Å². The van der Waals surface area contributed by atoms with Gasteiger partial charge in [0, 0.05) is 56.6 Å². The van der Waals surface area contributed by atoms with E-state index in [-0.39, 0.29) is 18.4 Å². The number of nitrogens with zero attached hydrogens (tertiary/aromatic N) is 7. The van der Waals surface area contributed by atoms with E-state index in [9.17, 15) is 14.9 Å². The van der Waals surface area contributed by atoms with Gasteiger partial charge in [-0.25, -0.2) is 9.50 Å². The molecule has 0 aliphatic carbocycles. The standard InChI is InChI=1S/C26H25N7O3/c1-2-24(34)32-11-9-30(10-12-32)23-6-5-19(15-28-23)22-13-21(17-33-26(22)20(14-27)16-29-33)36-18-25(35)31-7-3-4-8-31/h1,5-6,13,15-17H,3-4,7-12,18H2. The fourth-order valence-corrected chi connectivity index (χ4v) is 4.64. The zero-order chi connectivity index (χ0) is 25.1. The summed E-state index contributed by atoms with van der Waals surface area (Å²) in [5.74, 6) is 3.11. The molecule has 182 valence electrons. The molecule has 3 aromatic rings. The Bertz CT molecular complexity index is 1370. The van der Waals surface area contributed by atoms with E-state index in [2.05, 4.69) is 27.0 Å². The fraction of sp³-hybridized carbons (Fsp3) is 0.346. The minimum Gasteiger partial charge on any atom is -0.482 e. The first-order valence-corrected chi connectivity index (χ1v) is 11.9. The van der Waals surface area contributed by atoms with E-state index in [4.69, 9.17) is 11.2 Å². The van der Waals surface area contributed by atoms with Gasteiger partial charge in [0.15, 0.2) is 6.61 Å². The zero-order valence-corrected chi connectivity index (χ0v) is 19.8. The summed E-state index contributed by atoms with van der Waals surface area (Å²) < 4.78 is 7.44. The average molecular weight is 484 g/mol. The highest BCUT2D eigenvalue weighted by Crippen LogP contribution is 2.31. The minimum absolute atomic E-state index is 0.0395. The number of hydrogen-bond donors (Lipinski definition) is 0. The maximum absolute atomic E-state index is 12.4. The number of terminal acetylenes is 1. The van der Waals surface area contributed by atoms with Crippen molar-refractivity contribution in [1.29, 1.82) is 5.26 Å². The molecule has 2 aliphatic heterocycles. The minimum atomic E-state index is -0.291. The lowest BCUT2D eigenvalue weighted by atomic mass is 10.1. The van der Waals surface area contributed by atoms with Crippen LogP contribution in [0.25, 0.3) is 16.6 Å². The lowest BCUT2D eigenvalue weighted by Gasteiger charge is -2.34. The van der Waals surface area contributed by atoms with Crippen molar-refractivity contribution in [2.45, 2.75) is 12.8 Å². The van der Waals surface area contributed by atoms with Crippen molar-refractivity contribution >= 4 is 23.1 Å². The van der Waals surface area contributed by atoms with Gasteiger partial charge in [-0.05, 0) is 37.0 Å². The second kappa shape index (κ2) is 9.96. The Morgan fingerprint density at radius 2 is 1.83 bits per heavy atom. The largest absolute Gasteiger partial charge is 0.482 e. The molecule has 2 amide bonds. The topological polar surface area (TPSA) is 107 Å². The molecule has 0 bridgehead atoms. The van der Waals surface area contributed by atoms with Crippen molar-refractivity contribution in [3.8, 4) is 35.3 Å². The Hall–Kier alpha value is -4.57. The summed E-state index contributed by atoms with van der Waals surface area (Å²) in [5, 5.41) is 13.9. The maximum atomic E-state index is 12.4. The number of ether oxygens (including phenoxy) is 1. The number of pyridine rings is 2. The number of carbonyl (C=O) groups excluding carboxylic acids is 2. The van der Waals surface area contributed by atoms with E-state index in [1.54, 1.807) is 21.8 Å². The molecule has 0 N–H and O–H groups in total. The molecule has 0 atom stereocenters. The summed E-state index contributed by atoms with van der Waals surface area (Å²) in [6, 6.07) is 7.85. The van der Waals surface area contributed by atoms with Gasteiger partial charge in [0.25, 0.3) is 11.8 Å². The lowest BCUT2D eigenvalue weighted by molar-refractivity contribution is -0.132. The molecule has 5 rings (SSSR count). The Morgan fingerprint density at radius 1 is 1.06 bits per heavy atom. The molecule has 10 heteroatoms. The normalized spacial score (nSPS) is 15.6. The second-order valence-corrected chi connectivity index (χ2v) is 8.76. The van der Waals surface area contributed by atoms with E-state index in [1.165, 1.54) is 6.20 Å². The van der Waals surface area contributed by atoms with Crippen molar-refractivity contribution in [3.05, 3.63) is 42.4 Å². The third kappa shape index (κ3) is 4.53. The monoisotopic (exact) mass is 483 g/mol. The molecule has 2 fully saturated rings. The number of hydrogen-bond acceptors (Lipinski definition) is 7. The third-order valence-corrected chi connectivity index (χ3v) is 6.60. The number of aromatic nitrogens is 3. The molecule has 2 aliphatic rings. The van der Waals surface area contributed by atoms with Gasteiger partial charge in [0.1, 0.15) is 17.6 Å². The first-order valence-electron chi connectivity index (χ1n) is 11.9. The lowest BCUT2D eigenvalue weighted by Crippen LogP contribution is -2.48. The van der Waals surface area contributed by atoms with E-state index in [0.29, 0.717) is 43.0 Å². The zero-order valence-electron chi connectivity index (χ0n) is 19.8.